The zero-order valence-corrected chi connectivity index (χ0v) is 14.2. The minimum Gasteiger partial charge on any atom is -0.229 e. The first-order valence-corrected chi connectivity index (χ1v) is 10.0. The monoisotopic (exact) mass is 391 g/mol. The molecule has 1 fully saturated rings. The maximum absolute atomic E-state index is 12.8. The van der Waals surface area contributed by atoms with Crippen LogP contribution in [-0.4, -0.2) is 45.7 Å². The first-order chi connectivity index (χ1) is 10.3. The Labute approximate surface area is 137 Å². The van der Waals surface area contributed by atoms with Crippen LogP contribution in [0.4, 0.5) is 13.2 Å². The summed E-state index contributed by atoms with van der Waals surface area (Å²) >= 11 is 5.47. The zero-order chi connectivity index (χ0) is 17.6. The maximum atomic E-state index is 12.8. The van der Waals surface area contributed by atoms with Crippen LogP contribution in [0.2, 0.25) is 5.02 Å². The lowest BCUT2D eigenvalue weighted by Crippen LogP contribution is -2.37. The lowest BCUT2D eigenvalue weighted by molar-refractivity contribution is -0.137. The van der Waals surface area contributed by atoms with E-state index in [0.29, 0.717) is 6.07 Å². The van der Waals surface area contributed by atoms with E-state index in [2.05, 4.69) is 0 Å². The Bertz CT molecular complexity index is 821. The highest BCUT2D eigenvalue weighted by Gasteiger charge is 2.38. The van der Waals surface area contributed by atoms with E-state index in [-0.39, 0.29) is 17.9 Å². The van der Waals surface area contributed by atoms with Crippen LogP contribution in [0.1, 0.15) is 12.0 Å². The molecule has 2 rings (SSSR count). The van der Waals surface area contributed by atoms with Crippen molar-refractivity contribution in [3.8, 4) is 0 Å². The quantitative estimate of drug-likeness (QED) is 0.791. The first-order valence-electron chi connectivity index (χ1n) is 6.40. The van der Waals surface area contributed by atoms with Gasteiger partial charge >= 0.3 is 6.18 Å². The molecule has 1 aromatic rings. The summed E-state index contributed by atoms with van der Waals surface area (Å²) in [5.74, 6) is -0.492. The molecule has 1 aliphatic rings. The van der Waals surface area contributed by atoms with Gasteiger partial charge in [0.1, 0.15) is 0 Å². The number of rotatable bonds is 3. The highest BCUT2D eigenvalue weighted by molar-refractivity contribution is 7.92. The van der Waals surface area contributed by atoms with E-state index in [4.69, 9.17) is 11.6 Å². The third-order valence-corrected chi connectivity index (χ3v) is 7.63. The van der Waals surface area contributed by atoms with E-state index in [1.54, 1.807) is 0 Å². The van der Waals surface area contributed by atoms with Crippen LogP contribution >= 0.6 is 11.6 Å². The van der Waals surface area contributed by atoms with Crippen molar-refractivity contribution in [1.82, 2.24) is 4.31 Å². The lowest BCUT2D eigenvalue weighted by atomic mass is 10.2. The van der Waals surface area contributed by atoms with Crippen molar-refractivity contribution in [3.05, 3.63) is 28.8 Å². The van der Waals surface area contributed by atoms with E-state index in [9.17, 15) is 30.0 Å². The third kappa shape index (κ3) is 3.81. The molecular formula is C12H13ClF3NO4S2. The Morgan fingerprint density at radius 2 is 1.91 bits per heavy atom. The molecule has 0 bridgehead atoms. The number of hydrogen-bond acceptors (Lipinski definition) is 4. The summed E-state index contributed by atoms with van der Waals surface area (Å²) < 4.78 is 87.1. The molecule has 23 heavy (non-hydrogen) atoms. The molecule has 11 heteroatoms. The highest BCUT2D eigenvalue weighted by atomic mass is 35.5. The molecule has 1 aliphatic heterocycles. The van der Waals surface area contributed by atoms with Gasteiger partial charge in [-0.2, -0.15) is 17.5 Å². The van der Waals surface area contributed by atoms with Crippen molar-refractivity contribution in [2.45, 2.75) is 23.5 Å². The molecule has 0 radical (unpaired) electrons. The fourth-order valence-electron chi connectivity index (χ4n) is 2.31. The number of hydrogen-bond donors (Lipinski definition) is 0. The maximum Gasteiger partial charge on any atom is 0.417 e. The third-order valence-electron chi connectivity index (χ3n) is 3.64. The van der Waals surface area contributed by atoms with Crippen molar-refractivity contribution >= 4 is 31.5 Å². The molecule has 130 valence electrons. The summed E-state index contributed by atoms with van der Waals surface area (Å²) in [6.07, 6.45) is -4.68. The molecule has 0 amide bonds. The van der Waals surface area contributed by atoms with E-state index in [1.165, 1.54) is 0 Å². The fraction of sp³-hybridized carbons (Fsp3) is 0.500. The van der Waals surface area contributed by atoms with Gasteiger partial charge in [-0.25, -0.2) is 16.8 Å². The predicted octanol–water partition coefficient (Wildman–Crippen LogP) is 2.17. The number of halogens is 4. The van der Waals surface area contributed by atoms with Gasteiger partial charge in [-0.1, -0.05) is 11.6 Å². The molecule has 0 aromatic heterocycles. The van der Waals surface area contributed by atoms with Crippen molar-refractivity contribution in [2.24, 2.45) is 0 Å². The Kier molecular flexibility index (Phi) is 4.75. The summed E-state index contributed by atoms with van der Waals surface area (Å²) in [4.78, 5) is -0.582. The van der Waals surface area contributed by atoms with Gasteiger partial charge in [0.05, 0.1) is 27.0 Å². The summed E-state index contributed by atoms with van der Waals surface area (Å²) in [5.41, 5.74) is -1.26. The van der Waals surface area contributed by atoms with Crippen LogP contribution in [0.15, 0.2) is 23.1 Å². The minimum atomic E-state index is -4.79. The van der Waals surface area contributed by atoms with Crippen LogP contribution in [-0.2, 0) is 26.0 Å². The van der Waals surface area contributed by atoms with Crippen molar-refractivity contribution < 1.29 is 30.0 Å². The van der Waals surface area contributed by atoms with E-state index in [0.717, 1.165) is 23.5 Å². The van der Waals surface area contributed by atoms with E-state index in [1.807, 2.05) is 0 Å². The van der Waals surface area contributed by atoms with Gasteiger partial charge in [-0.05, 0) is 24.6 Å². The number of benzene rings is 1. The molecular weight excluding hydrogens is 379 g/mol. The summed E-state index contributed by atoms with van der Waals surface area (Å²) in [5, 5.41) is -0.609. The van der Waals surface area contributed by atoms with Gasteiger partial charge in [-0.15, -0.1) is 0 Å². The fourth-order valence-corrected chi connectivity index (χ4v) is 5.81. The smallest absolute Gasteiger partial charge is 0.229 e. The molecule has 5 nitrogen and oxygen atoms in total. The largest absolute Gasteiger partial charge is 0.417 e. The topological polar surface area (TPSA) is 71.5 Å². The van der Waals surface area contributed by atoms with Crippen LogP contribution in [0.3, 0.4) is 0 Å². The molecule has 0 spiro atoms. The average molecular weight is 392 g/mol. The SMILES string of the molecule is CN([C@H]1CCS(=O)(=O)C1)S(=O)(=O)c1ccc(Cl)c(C(F)(F)F)c1. The summed E-state index contributed by atoms with van der Waals surface area (Å²) in [6, 6.07) is 1.48. The van der Waals surface area contributed by atoms with Gasteiger partial charge in [0.25, 0.3) is 0 Å². The molecule has 1 atom stereocenters. The van der Waals surface area contributed by atoms with Crippen molar-refractivity contribution in [2.75, 3.05) is 18.6 Å². The average Bonchev–Trinajstić information content (AvgIpc) is 2.77. The van der Waals surface area contributed by atoms with Gasteiger partial charge in [0, 0.05) is 13.1 Å². The Morgan fingerprint density at radius 3 is 2.39 bits per heavy atom. The zero-order valence-electron chi connectivity index (χ0n) is 11.8. The molecule has 0 unspecified atom stereocenters. The first kappa shape index (κ1) is 18.5. The number of alkyl halides is 3. The van der Waals surface area contributed by atoms with Crippen LogP contribution < -0.4 is 0 Å². The van der Waals surface area contributed by atoms with Gasteiger partial charge in [-0.3, -0.25) is 0 Å². The van der Waals surface area contributed by atoms with Gasteiger partial charge < -0.3 is 0 Å². The van der Waals surface area contributed by atoms with E-state index >= 15 is 0 Å². The Balaban J connectivity index is 2.41. The van der Waals surface area contributed by atoms with Crippen molar-refractivity contribution in [3.63, 3.8) is 0 Å². The predicted molar refractivity (Wildman–Crippen MR) is 78.5 cm³/mol. The van der Waals surface area contributed by atoms with E-state index < -0.39 is 47.6 Å². The second-order valence-electron chi connectivity index (χ2n) is 5.22. The summed E-state index contributed by atoms with van der Waals surface area (Å²) in [6.45, 7) is 0. The second-order valence-corrected chi connectivity index (χ2v) is 9.85. The molecule has 0 aliphatic carbocycles. The van der Waals surface area contributed by atoms with Crippen LogP contribution in [0.5, 0.6) is 0 Å². The molecule has 1 heterocycles. The van der Waals surface area contributed by atoms with Gasteiger partial charge in [0.2, 0.25) is 10.0 Å². The second kappa shape index (κ2) is 5.91. The normalized spacial score (nSPS) is 21.7. The molecule has 1 saturated heterocycles. The van der Waals surface area contributed by atoms with Gasteiger partial charge in [0.15, 0.2) is 9.84 Å². The summed E-state index contributed by atoms with van der Waals surface area (Å²) in [7, 11) is -6.43. The van der Waals surface area contributed by atoms with Crippen molar-refractivity contribution in [1.29, 1.82) is 0 Å². The van der Waals surface area contributed by atoms with Crippen LogP contribution in [0, 0.1) is 0 Å². The Hall–Kier alpha value is -0.840. The Morgan fingerprint density at radius 1 is 1.30 bits per heavy atom. The lowest BCUT2D eigenvalue weighted by Gasteiger charge is -2.23. The number of sulfonamides is 1. The number of sulfone groups is 1. The molecule has 0 saturated carbocycles. The highest BCUT2D eigenvalue weighted by Crippen LogP contribution is 2.36. The van der Waals surface area contributed by atoms with Crippen LogP contribution in [0.25, 0.3) is 0 Å². The number of nitrogens with zero attached hydrogens (tertiary/aromatic N) is 1. The molecule has 1 aromatic carbocycles. The molecule has 0 N–H and O–H groups in total. The minimum absolute atomic E-state index is 0.109. The standard InChI is InChI=1S/C12H13ClF3NO4S2/c1-17(8-4-5-22(18,19)7-8)23(20,21)9-2-3-11(13)10(6-9)12(14,15)16/h2-3,6,8H,4-5,7H2,1H3/t8-/m0/s1.